The summed E-state index contributed by atoms with van der Waals surface area (Å²) in [6, 6.07) is 17.2. The summed E-state index contributed by atoms with van der Waals surface area (Å²) in [6.45, 7) is 8.75. The highest BCUT2D eigenvalue weighted by molar-refractivity contribution is 7.92. The molecule has 0 unspecified atom stereocenters. The molecule has 0 spiro atoms. The number of nitrogens with one attached hydrogen (secondary N) is 1. The molecule has 9 nitrogen and oxygen atoms in total. The van der Waals surface area contributed by atoms with E-state index < -0.39 is 10.0 Å². The minimum atomic E-state index is -3.93. The van der Waals surface area contributed by atoms with Crippen LogP contribution < -0.4 is 14.2 Å². The van der Waals surface area contributed by atoms with Crippen molar-refractivity contribution in [2.75, 3.05) is 45.1 Å². The zero-order chi connectivity index (χ0) is 28.7. The highest BCUT2D eigenvalue weighted by atomic mass is 32.2. The Labute approximate surface area is 235 Å². The first-order valence-corrected chi connectivity index (χ1v) is 14.3. The van der Waals surface area contributed by atoms with E-state index in [9.17, 15) is 13.2 Å². The number of aliphatic imine (C=N–C) groups is 1. The predicted molar refractivity (Wildman–Crippen MR) is 158 cm³/mol. The molecule has 0 radical (unpaired) electrons. The van der Waals surface area contributed by atoms with Crippen molar-refractivity contribution in [3.8, 4) is 11.5 Å². The average molecular weight is 563 g/mol. The number of carbonyl (C=O) groups is 1. The van der Waals surface area contributed by atoms with Gasteiger partial charge in [-0.3, -0.25) is 19.4 Å². The van der Waals surface area contributed by atoms with Crippen molar-refractivity contribution in [1.82, 2.24) is 9.80 Å². The molecule has 1 heterocycles. The van der Waals surface area contributed by atoms with Gasteiger partial charge in [0.15, 0.2) is 0 Å². The van der Waals surface area contributed by atoms with Crippen molar-refractivity contribution >= 4 is 40.1 Å². The molecular weight excluding hydrogens is 528 g/mol. The van der Waals surface area contributed by atoms with E-state index in [0.717, 1.165) is 36.7 Å². The standard InChI is InChI=1S/C30H34N4O5S/c1-5-7-23-8-6-9-28(29(23)31-2)40(36,37)32-25-12-10-24(11-13-25)30(35)34-16-14-33(15-17-34)21-22-18-26(38-3)20-27(19-22)39-4/h5-13,18-20,32H,2,14-17,21H2,1,3-4H3/b7-5-. The maximum absolute atomic E-state index is 13.1. The summed E-state index contributed by atoms with van der Waals surface area (Å²) in [6.07, 6.45) is 3.58. The Morgan fingerprint density at radius 2 is 1.65 bits per heavy atom. The monoisotopic (exact) mass is 562 g/mol. The summed E-state index contributed by atoms with van der Waals surface area (Å²) in [5.41, 5.74) is 2.87. The highest BCUT2D eigenvalue weighted by Gasteiger charge is 2.24. The summed E-state index contributed by atoms with van der Waals surface area (Å²) < 4.78 is 39.6. The number of allylic oxidation sites excluding steroid dienone is 1. The van der Waals surface area contributed by atoms with Gasteiger partial charge < -0.3 is 14.4 Å². The number of rotatable bonds is 10. The molecule has 0 aliphatic carbocycles. The van der Waals surface area contributed by atoms with Gasteiger partial charge in [-0.2, -0.15) is 0 Å². The van der Waals surface area contributed by atoms with Crippen molar-refractivity contribution in [3.05, 3.63) is 83.4 Å². The molecule has 1 aliphatic rings. The number of amides is 1. The molecule has 1 amide bonds. The van der Waals surface area contributed by atoms with Gasteiger partial charge in [-0.05, 0) is 61.7 Å². The average Bonchev–Trinajstić information content (AvgIpc) is 2.97. The van der Waals surface area contributed by atoms with Gasteiger partial charge in [-0.15, -0.1) is 0 Å². The second kappa shape index (κ2) is 12.8. The van der Waals surface area contributed by atoms with Crippen LogP contribution in [0.5, 0.6) is 11.5 Å². The smallest absolute Gasteiger partial charge is 0.264 e. The number of nitrogens with zero attached hydrogens (tertiary/aromatic N) is 3. The SMILES string of the molecule is C=Nc1c(/C=C\C)cccc1S(=O)(=O)Nc1ccc(C(=O)N2CCN(Cc3cc(OC)cc(OC)c3)CC2)cc1. The Hall–Kier alpha value is -4.15. The van der Waals surface area contributed by atoms with E-state index in [-0.39, 0.29) is 16.5 Å². The Kier molecular flexibility index (Phi) is 9.23. The molecule has 1 fully saturated rings. The number of benzene rings is 3. The van der Waals surface area contributed by atoms with Gasteiger partial charge in [-0.25, -0.2) is 8.42 Å². The molecule has 3 aromatic carbocycles. The summed E-state index contributed by atoms with van der Waals surface area (Å²) in [4.78, 5) is 21.2. The molecule has 3 aromatic rings. The van der Waals surface area contributed by atoms with Gasteiger partial charge in [-0.1, -0.05) is 24.3 Å². The number of piperazine rings is 1. The predicted octanol–water partition coefficient (Wildman–Crippen LogP) is 4.83. The lowest BCUT2D eigenvalue weighted by molar-refractivity contribution is 0.0628. The Morgan fingerprint density at radius 3 is 2.23 bits per heavy atom. The number of sulfonamides is 1. The van der Waals surface area contributed by atoms with Crippen molar-refractivity contribution in [1.29, 1.82) is 0 Å². The fourth-order valence-corrected chi connectivity index (χ4v) is 5.89. The van der Waals surface area contributed by atoms with Crippen LogP contribution in [0.15, 0.2) is 76.6 Å². The van der Waals surface area contributed by atoms with Crippen LogP contribution in [0.25, 0.3) is 6.08 Å². The van der Waals surface area contributed by atoms with E-state index >= 15 is 0 Å². The number of methoxy groups -OCH3 is 2. The molecule has 4 rings (SSSR count). The lowest BCUT2D eigenvalue weighted by Crippen LogP contribution is -2.48. The Balaban J connectivity index is 1.38. The molecule has 0 atom stereocenters. The van der Waals surface area contributed by atoms with Gasteiger partial charge in [0.1, 0.15) is 16.4 Å². The van der Waals surface area contributed by atoms with Gasteiger partial charge in [0.2, 0.25) is 0 Å². The van der Waals surface area contributed by atoms with E-state index in [1.54, 1.807) is 56.7 Å². The van der Waals surface area contributed by atoms with Crippen molar-refractivity contribution < 1.29 is 22.7 Å². The van der Waals surface area contributed by atoms with E-state index in [1.165, 1.54) is 6.07 Å². The third kappa shape index (κ3) is 6.70. The number of carbonyl (C=O) groups excluding carboxylic acids is 1. The molecule has 0 bridgehead atoms. The lowest BCUT2D eigenvalue weighted by atomic mass is 10.1. The summed E-state index contributed by atoms with van der Waals surface area (Å²) in [5.74, 6) is 1.40. The molecule has 10 heteroatoms. The van der Waals surface area contributed by atoms with Crippen molar-refractivity contribution in [3.63, 3.8) is 0 Å². The first-order chi connectivity index (χ1) is 19.3. The van der Waals surface area contributed by atoms with Gasteiger partial charge in [0.05, 0.1) is 19.9 Å². The third-order valence-electron chi connectivity index (χ3n) is 6.69. The number of hydrogen-bond donors (Lipinski definition) is 1. The van der Waals surface area contributed by atoms with Crippen LogP contribution in [-0.4, -0.2) is 71.2 Å². The topological polar surface area (TPSA) is 101 Å². The fraction of sp³-hybridized carbons (Fsp3) is 0.267. The third-order valence-corrected chi connectivity index (χ3v) is 8.10. The Bertz CT molecular complexity index is 1470. The first-order valence-electron chi connectivity index (χ1n) is 12.9. The molecule has 1 N–H and O–H groups in total. The van der Waals surface area contributed by atoms with Crippen LogP contribution in [0, 0.1) is 0 Å². The maximum atomic E-state index is 13.1. The highest BCUT2D eigenvalue weighted by Crippen LogP contribution is 2.31. The minimum absolute atomic E-state index is 0.0310. The summed E-state index contributed by atoms with van der Waals surface area (Å²) >= 11 is 0. The zero-order valence-corrected chi connectivity index (χ0v) is 23.8. The van der Waals surface area contributed by atoms with Crippen molar-refractivity contribution in [2.24, 2.45) is 4.99 Å². The second-order valence-corrected chi connectivity index (χ2v) is 11.0. The van der Waals surface area contributed by atoms with Crippen LogP contribution in [0.1, 0.15) is 28.4 Å². The van der Waals surface area contributed by atoms with Crippen LogP contribution in [0.4, 0.5) is 11.4 Å². The van der Waals surface area contributed by atoms with Crippen LogP contribution in [0.3, 0.4) is 0 Å². The number of anilines is 1. The fourth-order valence-electron chi connectivity index (χ4n) is 4.64. The van der Waals surface area contributed by atoms with Gasteiger partial charge >= 0.3 is 0 Å². The van der Waals surface area contributed by atoms with Crippen molar-refractivity contribution in [2.45, 2.75) is 18.4 Å². The molecular formula is C30H34N4O5S. The summed E-state index contributed by atoms with van der Waals surface area (Å²) in [7, 11) is -0.666. The first kappa shape index (κ1) is 28.8. The molecule has 210 valence electrons. The van der Waals surface area contributed by atoms with E-state index in [4.69, 9.17) is 9.47 Å². The van der Waals surface area contributed by atoms with Gasteiger partial charge in [0.25, 0.3) is 15.9 Å². The molecule has 1 aliphatic heterocycles. The maximum Gasteiger partial charge on any atom is 0.264 e. The molecule has 1 saturated heterocycles. The summed E-state index contributed by atoms with van der Waals surface area (Å²) in [5, 5.41) is 0. The van der Waals surface area contributed by atoms with Crippen LogP contribution in [0.2, 0.25) is 0 Å². The van der Waals surface area contributed by atoms with E-state index in [1.807, 2.05) is 36.1 Å². The van der Waals surface area contributed by atoms with Crippen LogP contribution in [-0.2, 0) is 16.6 Å². The normalized spacial score (nSPS) is 14.2. The molecule has 40 heavy (non-hydrogen) atoms. The lowest BCUT2D eigenvalue weighted by Gasteiger charge is -2.35. The largest absolute Gasteiger partial charge is 0.497 e. The number of hydrogen-bond acceptors (Lipinski definition) is 7. The zero-order valence-electron chi connectivity index (χ0n) is 23.0. The van der Waals surface area contributed by atoms with Crippen LogP contribution >= 0.6 is 0 Å². The van der Waals surface area contributed by atoms with Gasteiger partial charge in [0, 0.05) is 55.6 Å². The second-order valence-electron chi connectivity index (χ2n) is 9.32. The number of para-hydroxylation sites is 1. The number of ether oxygens (including phenoxy) is 2. The quantitative estimate of drug-likeness (QED) is 0.356. The van der Waals surface area contributed by atoms with E-state index in [2.05, 4.69) is 21.3 Å². The molecule has 0 saturated carbocycles. The Morgan fingerprint density at radius 1 is 1.00 bits per heavy atom. The van der Waals surface area contributed by atoms with E-state index in [0.29, 0.717) is 29.9 Å². The molecule has 0 aromatic heterocycles. The minimum Gasteiger partial charge on any atom is -0.497 e.